The first-order valence-electron chi connectivity index (χ1n) is 5.29. The molecule has 0 spiro atoms. The summed E-state index contributed by atoms with van der Waals surface area (Å²) < 4.78 is 6.19. The van der Waals surface area contributed by atoms with Crippen LogP contribution in [0, 0.1) is 0 Å². The maximum absolute atomic E-state index is 10.3. The fraction of sp³-hybridized carbons (Fsp3) is 0.143. The van der Waals surface area contributed by atoms with Crippen LogP contribution in [0.15, 0.2) is 53.0 Å². The largest absolute Gasteiger partial charge is 0.496 e. The summed E-state index contributed by atoms with van der Waals surface area (Å²) in [5, 5.41) is 10.3. The van der Waals surface area contributed by atoms with Gasteiger partial charge in [-0.2, -0.15) is 0 Å². The van der Waals surface area contributed by atoms with Gasteiger partial charge in [0, 0.05) is 10.0 Å². The highest BCUT2D eigenvalue weighted by atomic mass is 79.9. The number of hydrogen-bond acceptors (Lipinski definition) is 2. The Balaban J connectivity index is 2.40. The molecule has 1 atom stereocenters. The Kier molecular flexibility index (Phi) is 3.82. The molecule has 0 aliphatic heterocycles. The van der Waals surface area contributed by atoms with Crippen LogP contribution in [-0.4, -0.2) is 12.2 Å². The number of hydrogen-bond donors (Lipinski definition) is 1. The van der Waals surface area contributed by atoms with Crippen LogP contribution < -0.4 is 4.74 Å². The number of methoxy groups -OCH3 is 1. The maximum Gasteiger partial charge on any atom is 0.125 e. The molecule has 0 radical (unpaired) electrons. The summed E-state index contributed by atoms with van der Waals surface area (Å²) in [6, 6.07) is 15.1. The summed E-state index contributed by atoms with van der Waals surface area (Å²) >= 11 is 3.40. The van der Waals surface area contributed by atoms with Gasteiger partial charge in [-0.25, -0.2) is 0 Å². The van der Waals surface area contributed by atoms with Gasteiger partial charge in [-0.3, -0.25) is 0 Å². The molecule has 0 fully saturated rings. The minimum absolute atomic E-state index is 0.677. The highest BCUT2D eigenvalue weighted by molar-refractivity contribution is 9.10. The van der Waals surface area contributed by atoms with Crippen LogP contribution in [0.1, 0.15) is 17.2 Å². The van der Waals surface area contributed by atoms with Crippen molar-refractivity contribution in [3.8, 4) is 5.75 Å². The predicted octanol–water partition coefficient (Wildman–Crippen LogP) is 3.54. The van der Waals surface area contributed by atoms with Gasteiger partial charge >= 0.3 is 0 Å². The van der Waals surface area contributed by atoms with Crippen molar-refractivity contribution in [1.82, 2.24) is 0 Å². The topological polar surface area (TPSA) is 29.5 Å². The van der Waals surface area contributed by atoms with E-state index in [2.05, 4.69) is 15.9 Å². The first-order chi connectivity index (χ1) is 8.22. The van der Waals surface area contributed by atoms with E-state index in [4.69, 9.17) is 4.74 Å². The number of benzene rings is 2. The van der Waals surface area contributed by atoms with Gasteiger partial charge in [0.25, 0.3) is 0 Å². The molecule has 0 aliphatic rings. The zero-order valence-electron chi connectivity index (χ0n) is 9.43. The van der Waals surface area contributed by atoms with Crippen LogP contribution in [-0.2, 0) is 0 Å². The van der Waals surface area contributed by atoms with Crippen LogP contribution in [0.2, 0.25) is 0 Å². The van der Waals surface area contributed by atoms with Crippen LogP contribution in [0.4, 0.5) is 0 Å². The monoisotopic (exact) mass is 292 g/mol. The maximum atomic E-state index is 10.3. The van der Waals surface area contributed by atoms with E-state index in [0.717, 1.165) is 15.6 Å². The van der Waals surface area contributed by atoms with Crippen molar-refractivity contribution in [3.05, 3.63) is 64.1 Å². The van der Waals surface area contributed by atoms with E-state index in [1.165, 1.54) is 0 Å². The number of aliphatic hydroxyl groups is 1. The summed E-state index contributed by atoms with van der Waals surface area (Å²) in [6.07, 6.45) is -0.677. The lowest BCUT2D eigenvalue weighted by atomic mass is 10.0. The Morgan fingerprint density at radius 3 is 2.59 bits per heavy atom. The van der Waals surface area contributed by atoms with Crippen LogP contribution >= 0.6 is 15.9 Å². The molecule has 1 unspecified atom stereocenters. The SMILES string of the molecule is COc1ccccc1C(O)c1cccc(Br)c1. The molecule has 0 bridgehead atoms. The molecular weight excluding hydrogens is 280 g/mol. The molecule has 3 heteroatoms. The van der Waals surface area contributed by atoms with Crippen LogP contribution in [0.3, 0.4) is 0 Å². The smallest absolute Gasteiger partial charge is 0.125 e. The summed E-state index contributed by atoms with van der Waals surface area (Å²) in [7, 11) is 1.60. The van der Waals surface area contributed by atoms with Gasteiger partial charge in [0.15, 0.2) is 0 Å². The molecule has 2 nitrogen and oxygen atoms in total. The second kappa shape index (κ2) is 5.34. The molecule has 0 amide bonds. The molecule has 0 aliphatic carbocycles. The van der Waals surface area contributed by atoms with Gasteiger partial charge in [-0.05, 0) is 23.8 Å². The molecule has 2 rings (SSSR count). The second-order valence-electron chi connectivity index (χ2n) is 3.70. The van der Waals surface area contributed by atoms with Crippen molar-refractivity contribution in [2.24, 2.45) is 0 Å². The lowest BCUT2D eigenvalue weighted by Gasteiger charge is -2.15. The van der Waals surface area contributed by atoms with E-state index in [1.54, 1.807) is 7.11 Å². The average molecular weight is 293 g/mol. The standard InChI is InChI=1S/C14H13BrO2/c1-17-13-8-3-2-7-12(13)14(16)10-5-4-6-11(15)9-10/h2-9,14,16H,1H3. The Labute approximate surface area is 109 Å². The Hall–Kier alpha value is -1.32. The van der Waals surface area contributed by atoms with E-state index in [-0.39, 0.29) is 0 Å². The fourth-order valence-corrected chi connectivity index (χ4v) is 2.17. The molecule has 2 aromatic carbocycles. The normalized spacial score (nSPS) is 12.2. The van der Waals surface area contributed by atoms with E-state index in [0.29, 0.717) is 5.75 Å². The molecule has 17 heavy (non-hydrogen) atoms. The first-order valence-corrected chi connectivity index (χ1v) is 6.08. The third-order valence-corrected chi connectivity index (χ3v) is 3.09. The zero-order valence-corrected chi connectivity index (χ0v) is 11.0. The zero-order chi connectivity index (χ0) is 12.3. The van der Waals surface area contributed by atoms with Crippen molar-refractivity contribution < 1.29 is 9.84 Å². The molecule has 2 aromatic rings. The minimum Gasteiger partial charge on any atom is -0.496 e. The van der Waals surface area contributed by atoms with Gasteiger partial charge in [0.05, 0.1) is 7.11 Å². The predicted molar refractivity (Wildman–Crippen MR) is 71.2 cm³/mol. The third kappa shape index (κ3) is 2.68. The summed E-state index contributed by atoms with van der Waals surface area (Å²) in [5.41, 5.74) is 1.61. The van der Waals surface area contributed by atoms with E-state index < -0.39 is 6.10 Å². The number of para-hydroxylation sites is 1. The average Bonchev–Trinajstić information content (AvgIpc) is 2.38. The Morgan fingerprint density at radius 2 is 1.88 bits per heavy atom. The Morgan fingerprint density at radius 1 is 1.12 bits per heavy atom. The third-order valence-electron chi connectivity index (χ3n) is 2.60. The minimum atomic E-state index is -0.677. The van der Waals surface area contributed by atoms with Crippen molar-refractivity contribution in [3.63, 3.8) is 0 Å². The quantitative estimate of drug-likeness (QED) is 0.938. The first kappa shape index (κ1) is 12.1. The molecule has 1 N–H and O–H groups in total. The number of halogens is 1. The Bertz CT molecular complexity index is 511. The van der Waals surface area contributed by atoms with Gasteiger partial charge in [0.1, 0.15) is 11.9 Å². The number of rotatable bonds is 3. The highest BCUT2D eigenvalue weighted by Gasteiger charge is 2.14. The van der Waals surface area contributed by atoms with Gasteiger partial charge in [-0.15, -0.1) is 0 Å². The molecule has 0 saturated carbocycles. The van der Waals surface area contributed by atoms with E-state index in [1.807, 2.05) is 48.5 Å². The van der Waals surface area contributed by atoms with E-state index in [9.17, 15) is 5.11 Å². The summed E-state index contributed by atoms with van der Waals surface area (Å²) in [4.78, 5) is 0. The van der Waals surface area contributed by atoms with Crippen molar-refractivity contribution in [2.75, 3.05) is 7.11 Å². The van der Waals surface area contributed by atoms with Gasteiger partial charge in [-0.1, -0.05) is 46.3 Å². The highest BCUT2D eigenvalue weighted by Crippen LogP contribution is 2.30. The fourth-order valence-electron chi connectivity index (χ4n) is 1.75. The molecule has 0 heterocycles. The molecular formula is C14H13BrO2. The summed E-state index contributed by atoms with van der Waals surface area (Å²) in [6.45, 7) is 0. The van der Waals surface area contributed by atoms with Crippen LogP contribution in [0.5, 0.6) is 5.75 Å². The summed E-state index contributed by atoms with van der Waals surface area (Å²) in [5.74, 6) is 0.694. The molecule has 0 saturated heterocycles. The van der Waals surface area contributed by atoms with Crippen molar-refractivity contribution in [2.45, 2.75) is 6.10 Å². The van der Waals surface area contributed by atoms with Crippen LogP contribution in [0.25, 0.3) is 0 Å². The van der Waals surface area contributed by atoms with Gasteiger partial charge < -0.3 is 9.84 Å². The van der Waals surface area contributed by atoms with Crippen molar-refractivity contribution in [1.29, 1.82) is 0 Å². The lowest BCUT2D eigenvalue weighted by Crippen LogP contribution is -2.02. The second-order valence-corrected chi connectivity index (χ2v) is 4.62. The molecule has 0 aromatic heterocycles. The number of ether oxygens (including phenoxy) is 1. The van der Waals surface area contributed by atoms with Crippen molar-refractivity contribution >= 4 is 15.9 Å². The molecule has 88 valence electrons. The van der Waals surface area contributed by atoms with E-state index >= 15 is 0 Å². The van der Waals surface area contributed by atoms with Gasteiger partial charge in [0.2, 0.25) is 0 Å². The number of aliphatic hydroxyl groups excluding tert-OH is 1. The lowest BCUT2D eigenvalue weighted by molar-refractivity contribution is 0.214.